The lowest BCUT2D eigenvalue weighted by atomic mass is 9.82. The molecule has 4 aromatic rings. The number of para-hydroxylation sites is 1. The quantitative estimate of drug-likeness (QED) is 0.218. The van der Waals surface area contributed by atoms with Crippen molar-refractivity contribution < 1.29 is 19.1 Å². The van der Waals surface area contributed by atoms with Gasteiger partial charge < -0.3 is 16.2 Å². The Morgan fingerprint density at radius 1 is 0.676 bits per heavy atom. The van der Waals surface area contributed by atoms with Crippen LogP contribution < -0.4 is 16.2 Å². The molecule has 7 heteroatoms. The number of esters is 1. The fourth-order valence-corrected chi connectivity index (χ4v) is 4.83. The maximum Gasteiger partial charge on any atom is 0.343 e. The fraction of sp³-hybridized carbons (Fsp3) is 0. The highest BCUT2D eigenvalue weighted by Crippen LogP contribution is 2.40. The number of hydrogen-bond acceptors (Lipinski definition) is 7. The minimum atomic E-state index is -0.472. The van der Waals surface area contributed by atoms with Crippen LogP contribution in [0.3, 0.4) is 0 Å². The van der Waals surface area contributed by atoms with Gasteiger partial charge in [0.05, 0.1) is 16.7 Å². The molecule has 0 amide bonds. The molecule has 34 heavy (non-hydrogen) atoms. The predicted molar refractivity (Wildman–Crippen MR) is 131 cm³/mol. The first-order valence-electron chi connectivity index (χ1n) is 10.4. The number of nitrogen functional groups attached to an aromatic ring is 2. The van der Waals surface area contributed by atoms with Gasteiger partial charge in [0.1, 0.15) is 5.75 Å². The molecule has 0 bridgehead atoms. The molecule has 6 nitrogen and oxygen atoms in total. The van der Waals surface area contributed by atoms with Crippen molar-refractivity contribution in [2.45, 2.75) is 9.79 Å². The number of benzene rings is 4. The Balaban J connectivity index is 1.45. The number of carbonyl (C=O) groups excluding carboxylic acids is 3. The van der Waals surface area contributed by atoms with Gasteiger partial charge in [0.15, 0.2) is 11.6 Å². The van der Waals surface area contributed by atoms with Gasteiger partial charge in [-0.1, -0.05) is 42.1 Å². The molecular weight excluding hydrogens is 448 g/mol. The summed E-state index contributed by atoms with van der Waals surface area (Å²) in [6, 6.07) is 23.8. The Labute approximate surface area is 199 Å². The van der Waals surface area contributed by atoms with Crippen LogP contribution in [0.1, 0.15) is 42.2 Å². The summed E-state index contributed by atoms with van der Waals surface area (Å²) in [5.41, 5.74) is 13.9. The summed E-state index contributed by atoms with van der Waals surface area (Å²) < 4.78 is 5.36. The summed E-state index contributed by atoms with van der Waals surface area (Å²) in [7, 11) is 0. The maximum atomic E-state index is 13.4. The number of ketones is 2. The minimum absolute atomic E-state index is 0.191. The Bertz CT molecular complexity index is 1460. The average Bonchev–Trinajstić information content (AvgIpc) is 2.84. The SMILES string of the molecule is Nc1cccc2c1C(=O)c1c(Sc3ccc(C(=O)Oc4ccccc4)cc3)ccc(N)c1C2=O. The van der Waals surface area contributed by atoms with Gasteiger partial charge in [0, 0.05) is 32.3 Å². The summed E-state index contributed by atoms with van der Waals surface area (Å²) in [6.45, 7) is 0. The van der Waals surface area contributed by atoms with E-state index < -0.39 is 5.97 Å². The third kappa shape index (κ3) is 3.72. The summed E-state index contributed by atoms with van der Waals surface area (Å²) in [5, 5.41) is 0. The van der Waals surface area contributed by atoms with E-state index in [1.807, 2.05) is 6.07 Å². The van der Waals surface area contributed by atoms with Crippen molar-refractivity contribution in [1.82, 2.24) is 0 Å². The van der Waals surface area contributed by atoms with E-state index in [2.05, 4.69) is 0 Å². The van der Waals surface area contributed by atoms with Gasteiger partial charge in [-0.15, -0.1) is 0 Å². The normalized spacial score (nSPS) is 12.1. The number of ether oxygens (including phenoxy) is 1. The van der Waals surface area contributed by atoms with Crippen molar-refractivity contribution >= 4 is 40.7 Å². The van der Waals surface area contributed by atoms with Crippen LogP contribution in [-0.4, -0.2) is 17.5 Å². The molecule has 0 fully saturated rings. The second-order valence-electron chi connectivity index (χ2n) is 7.66. The summed E-state index contributed by atoms with van der Waals surface area (Å²) in [4.78, 5) is 40.3. The Morgan fingerprint density at radius 3 is 2.12 bits per heavy atom. The van der Waals surface area contributed by atoms with Crippen LogP contribution in [0.2, 0.25) is 0 Å². The standard InChI is InChI=1S/C27H18N2O4S/c28-19-8-4-7-18-22(19)26(31)24-21(14-13-20(29)23(24)25(18)30)34-17-11-9-15(10-12-17)27(32)33-16-5-2-1-3-6-16/h1-14H,28-29H2. The van der Waals surface area contributed by atoms with Crippen LogP contribution in [0.5, 0.6) is 5.75 Å². The van der Waals surface area contributed by atoms with Crippen LogP contribution in [0.4, 0.5) is 11.4 Å². The molecule has 0 atom stereocenters. The molecule has 166 valence electrons. The minimum Gasteiger partial charge on any atom is -0.423 e. The molecule has 1 aliphatic carbocycles. The second kappa shape index (κ2) is 8.53. The number of hydrogen-bond donors (Lipinski definition) is 2. The van der Waals surface area contributed by atoms with Crippen molar-refractivity contribution in [1.29, 1.82) is 0 Å². The lowest BCUT2D eigenvalue weighted by Gasteiger charge is -2.22. The number of rotatable bonds is 4. The molecular formula is C27H18N2O4S. The molecule has 0 unspecified atom stereocenters. The van der Waals surface area contributed by atoms with Crippen LogP contribution in [0.15, 0.2) is 94.7 Å². The number of fused-ring (bicyclic) bond motifs is 2. The highest BCUT2D eigenvalue weighted by Gasteiger charge is 2.34. The fourth-order valence-electron chi connectivity index (χ4n) is 3.87. The van der Waals surface area contributed by atoms with Crippen LogP contribution in [0.25, 0.3) is 0 Å². The molecule has 0 aliphatic heterocycles. The monoisotopic (exact) mass is 466 g/mol. The molecule has 4 N–H and O–H groups in total. The third-order valence-corrected chi connectivity index (χ3v) is 6.56. The lowest BCUT2D eigenvalue weighted by Crippen LogP contribution is -2.24. The van der Waals surface area contributed by atoms with Crippen LogP contribution in [0, 0.1) is 0 Å². The Hall–Kier alpha value is -4.36. The molecule has 0 saturated carbocycles. The largest absolute Gasteiger partial charge is 0.423 e. The van der Waals surface area contributed by atoms with Crippen molar-refractivity contribution in [3.8, 4) is 5.75 Å². The van der Waals surface area contributed by atoms with E-state index >= 15 is 0 Å². The van der Waals surface area contributed by atoms with Gasteiger partial charge in [-0.3, -0.25) is 9.59 Å². The van der Waals surface area contributed by atoms with E-state index in [9.17, 15) is 14.4 Å². The maximum absolute atomic E-state index is 13.4. The van der Waals surface area contributed by atoms with Gasteiger partial charge in [0.2, 0.25) is 0 Å². The van der Waals surface area contributed by atoms with Gasteiger partial charge in [-0.2, -0.15) is 0 Å². The molecule has 0 saturated heterocycles. The topological polar surface area (TPSA) is 112 Å². The van der Waals surface area contributed by atoms with Gasteiger partial charge in [0.25, 0.3) is 0 Å². The number of carbonyl (C=O) groups is 3. The number of anilines is 2. The average molecular weight is 467 g/mol. The smallest absolute Gasteiger partial charge is 0.343 e. The number of nitrogens with two attached hydrogens (primary N) is 2. The van der Waals surface area contributed by atoms with Crippen LogP contribution in [-0.2, 0) is 0 Å². The first-order valence-corrected chi connectivity index (χ1v) is 11.2. The highest BCUT2D eigenvalue weighted by molar-refractivity contribution is 7.99. The second-order valence-corrected chi connectivity index (χ2v) is 8.78. The molecule has 0 spiro atoms. The summed E-state index contributed by atoms with van der Waals surface area (Å²) >= 11 is 1.30. The van der Waals surface area contributed by atoms with E-state index in [0.717, 1.165) is 4.90 Å². The molecule has 5 rings (SSSR count). The molecule has 0 radical (unpaired) electrons. The zero-order valence-electron chi connectivity index (χ0n) is 17.8. The van der Waals surface area contributed by atoms with E-state index in [1.54, 1.807) is 78.9 Å². The third-order valence-electron chi connectivity index (χ3n) is 5.49. The summed E-state index contributed by atoms with van der Waals surface area (Å²) in [6.07, 6.45) is 0. The highest BCUT2D eigenvalue weighted by atomic mass is 32.2. The Morgan fingerprint density at radius 2 is 1.38 bits per heavy atom. The van der Waals surface area contributed by atoms with E-state index in [1.165, 1.54) is 11.8 Å². The van der Waals surface area contributed by atoms with Crippen molar-refractivity contribution in [3.05, 3.63) is 113 Å². The van der Waals surface area contributed by atoms with Crippen molar-refractivity contribution in [2.24, 2.45) is 0 Å². The molecule has 4 aromatic carbocycles. The van der Waals surface area contributed by atoms with Crippen molar-refractivity contribution in [3.63, 3.8) is 0 Å². The first kappa shape index (κ1) is 21.5. The first-order chi connectivity index (χ1) is 16.4. The molecule has 0 aromatic heterocycles. The Kier molecular flexibility index (Phi) is 5.39. The zero-order chi connectivity index (χ0) is 23.8. The molecule has 0 heterocycles. The lowest BCUT2D eigenvalue weighted by molar-refractivity contribution is 0.0734. The van der Waals surface area contributed by atoms with E-state index in [0.29, 0.717) is 16.2 Å². The summed E-state index contributed by atoms with van der Waals surface area (Å²) in [5.74, 6) is -0.668. The van der Waals surface area contributed by atoms with E-state index in [-0.39, 0.29) is 45.2 Å². The van der Waals surface area contributed by atoms with E-state index in [4.69, 9.17) is 16.2 Å². The van der Waals surface area contributed by atoms with Gasteiger partial charge >= 0.3 is 5.97 Å². The predicted octanol–water partition coefficient (Wildman–Crippen LogP) is 5.00. The van der Waals surface area contributed by atoms with Crippen molar-refractivity contribution in [2.75, 3.05) is 11.5 Å². The van der Waals surface area contributed by atoms with Gasteiger partial charge in [-0.05, 0) is 54.6 Å². The van der Waals surface area contributed by atoms with Gasteiger partial charge in [-0.25, -0.2) is 4.79 Å². The zero-order valence-corrected chi connectivity index (χ0v) is 18.6. The van der Waals surface area contributed by atoms with Crippen LogP contribution >= 0.6 is 11.8 Å². The molecule has 1 aliphatic rings.